The molecular formula is C23H24N4O4. The van der Waals surface area contributed by atoms with E-state index >= 15 is 0 Å². The van der Waals surface area contributed by atoms with Gasteiger partial charge in [-0.2, -0.15) is 0 Å². The highest BCUT2D eigenvalue weighted by Crippen LogP contribution is 2.31. The number of methoxy groups -OCH3 is 2. The number of ether oxygens (including phenoxy) is 2. The summed E-state index contributed by atoms with van der Waals surface area (Å²) >= 11 is 0. The molecule has 0 aliphatic carbocycles. The molecule has 3 aromatic heterocycles. The van der Waals surface area contributed by atoms with Gasteiger partial charge in [0.25, 0.3) is 5.56 Å². The first-order valence-corrected chi connectivity index (χ1v) is 10.2. The zero-order valence-electron chi connectivity index (χ0n) is 17.8. The van der Waals surface area contributed by atoms with Crippen LogP contribution in [0.25, 0.3) is 16.9 Å². The molecule has 1 N–H and O–H groups in total. The maximum atomic E-state index is 13.3. The number of hydrogen-bond acceptors (Lipinski definition) is 6. The van der Waals surface area contributed by atoms with Crippen molar-refractivity contribution in [3.8, 4) is 22.8 Å². The zero-order chi connectivity index (χ0) is 21.5. The number of H-pyrrole nitrogens is 1. The molecule has 8 nitrogen and oxygen atoms in total. The van der Waals surface area contributed by atoms with Crippen LogP contribution >= 0.6 is 0 Å². The summed E-state index contributed by atoms with van der Waals surface area (Å²) in [6.45, 7) is 3.84. The van der Waals surface area contributed by atoms with Crippen LogP contribution in [0, 0.1) is 6.92 Å². The van der Waals surface area contributed by atoms with Gasteiger partial charge in [-0.15, -0.1) is 0 Å². The number of aryl methyl sites for hydroxylation is 1. The smallest absolute Gasteiger partial charge is 0.277 e. The Morgan fingerprint density at radius 3 is 2.65 bits per heavy atom. The summed E-state index contributed by atoms with van der Waals surface area (Å²) in [7, 11) is 3.31. The fourth-order valence-corrected chi connectivity index (χ4v) is 4.28. The molecule has 160 valence electrons. The van der Waals surface area contributed by atoms with Gasteiger partial charge in [-0.1, -0.05) is 6.07 Å². The van der Waals surface area contributed by atoms with E-state index in [9.17, 15) is 4.79 Å². The first-order chi connectivity index (χ1) is 15.1. The van der Waals surface area contributed by atoms with Crippen LogP contribution in [0.3, 0.4) is 0 Å². The van der Waals surface area contributed by atoms with E-state index < -0.39 is 0 Å². The van der Waals surface area contributed by atoms with E-state index in [1.165, 1.54) is 4.52 Å². The van der Waals surface area contributed by atoms with Crippen LogP contribution in [0.2, 0.25) is 0 Å². The summed E-state index contributed by atoms with van der Waals surface area (Å²) < 4.78 is 18.0. The van der Waals surface area contributed by atoms with Crippen LogP contribution in [0.15, 0.2) is 45.8 Å². The molecule has 31 heavy (non-hydrogen) atoms. The number of furan rings is 1. The van der Waals surface area contributed by atoms with Gasteiger partial charge in [0.05, 0.1) is 43.0 Å². The maximum absolute atomic E-state index is 13.3. The summed E-state index contributed by atoms with van der Waals surface area (Å²) in [5.41, 5.74) is 4.85. The molecule has 0 saturated carbocycles. The Bertz CT molecular complexity index is 1290. The monoisotopic (exact) mass is 420 g/mol. The number of benzene rings is 1. The SMILES string of the molecule is COc1cccc(OC)c1CN1CCc2nc3cc(-c4ccoc4C)[nH]n3c(=O)c2C1. The molecule has 0 radical (unpaired) electrons. The Labute approximate surface area is 179 Å². The van der Waals surface area contributed by atoms with Crippen LogP contribution in [-0.4, -0.2) is 40.3 Å². The molecule has 8 heteroatoms. The molecule has 4 heterocycles. The van der Waals surface area contributed by atoms with E-state index in [4.69, 9.17) is 18.9 Å². The van der Waals surface area contributed by atoms with Crippen LogP contribution < -0.4 is 15.0 Å². The Hall–Kier alpha value is -3.52. The Morgan fingerprint density at radius 1 is 1.19 bits per heavy atom. The fraction of sp³-hybridized carbons (Fsp3) is 0.304. The van der Waals surface area contributed by atoms with Gasteiger partial charge in [-0.25, -0.2) is 9.50 Å². The quantitative estimate of drug-likeness (QED) is 0.534. The average Bonchev–Trinajstić information content (AvgIpc) is 3.40. The maximum Gasteiger partial charge on any atom is 0.277 e. The lowest BCUT2D eigenvalue weighted by atomic mass is 10.1. The van der Waals surface area contributed by atoms with Crippen molar-refractivity contribution in [2.45, 2.75) is 26.4 Å². The fourth-order valence-electron chi connectivity index (χ4n) is 4.28. The van der Waals surface area contributed by atoms with E-state index in [0.717, 1.165) is 51.9 Å². The van der Waals surface area contributed by atoms with Crippen LogP contribution in [0.1, 0.15) is 22.6 Å². The minimum atomic E-state index is -0.0657. The van der Waals surface area contributed by atoms with E-state index in [1.54, 1.807) is 20.5 Å². The van der Waals surface area contributed by atoms with E-state index in [-0.39, 0.29) is 5.56 Å². The summed E-state index contributed by atoms with van der Waals surface area (Å²) in [5, 5.41) is 3.18. The molecule has 0 fully saturated rings. The average molecular weight is 420 g/mol. The van der Waals surface area contributed by atoms with Crippen molar-refractivity contribution in [2.24, 2.45) is 0 Å². The second kappa shape index (κ2) is 7.63. The molecule has 1 aliphatic heterocycles. The molecule has 0 spiro atoms. The van der Waals surface area contributed by atoms with Crippen LogP contribution in [0.5, 0.6) is 11.5 Å². The zero-order valence-corrected chi connectivity index (χ0v) is 17.8. The largest absolute Gasteiger partial charge is 0.496 e. The van der Waals surface area contributed by atoms with Gasteiger partial charge in [-0.05, 0) is 25.1 Å². The van der Waals surface area contributed by atoms with Gasteiger partial charge in [-0.3, -0.25) is 14.8 Å². The highest BCUT2D eigenvalue weighted by atomic mass is 16.5. The van der Waals surface area contributed by atoms with Crippen molar-refractivity contribution >= 4 is 5.65 Å². The summed E-state index contributed by atoms with van der Waals surface area (Å²) in [6.07, 6.45) is 2.35. The van der Waals surface area contributed by atoms with Crippen molar-refractivity contribution in [2.75, 3.05) is 20.8 Å². The second-order valence-corrected chi connectivity index (χ2v) is 7.70. The van der Waals surface area contributed by atoms with Gasteiger partial charge in [0.2, 0.25) is 0 Å². The molecule has 0 saturated heterocycles. The minimum absolute atomic E-state index is 0.0657. The van der Waals surface area contributed by atoms with Crippen molar-refractivity contribution in [3.05, 3.63) is 69.5 Å². The first kappa shape index (κ1) is 19.4. The van der Waals surface area contributed by atoms with Crippen molar-refractivity contribution in [1.29, 1.82) is 0 Å². The Kier molecular flexibility index (Phi) is 4.78. The third-order valence-electron chi connectivity index (χ3n) is 5.90. The lowest BCUT2D eigenvalue weighted by Crippen LogP contribution is -2.36. The minimum Gasteiger partial charge on any atom is -0.496 e. The Morgan fingerprint density at radius 2 is 1.97 bits per heavy atom. The summed E-state index contributed by atoms with van der Waals surface area (Å²) in [4.78, 5) is 20.3. The van der Waals surface area contributed by atoms with E-state index in [0.29, 0.717) is 25.2 Å². The topological polar surface area (TPSA) is 85.0 Å². The van der Waals surface area contributed by atoms with Crippen LogP contribution in [-0.2, 0) is 19.5 Å². The first-order valence-electron chi connectivity index (χ1n) is 10.2. The van der Waals surface area contributed by atoms with Crippen molar-refractivity contribution in [3.63, 3.8) is 0 Å². The molecule has 0 atom stereocenters. The van der Waals surface area contributed by atoms with Gasteiger partial charge < -0.3 is 13.9 Å². The third kappa shape index (κ3) is 3.29. The third-order valence-corrected chi connectivity index (χ3v) is 5.90. The number of hydrogen-bond donors (Lipinski definition) is 1. The normalized spacial score (nSPS) is 14.0. The molecule has 5 rings (SSSR count). The summed E-state index contributed by atoms with van der Waals surface area (Å²) in [5.74, 6) is 2.35. The lowest BCUT2D eigenvalue weighted by molar-refractivity contribution is 0.234. The summed E-state index contributed by atoms with van der Waals surface area (Å²) in [6, 6.07) is 9.53. The molecule has 0 unspecified atom stereocenters. The number of rotatable bonds is 5. The van der Waals surface area contributed by atoms with Crippen molar-refractivity contribution < 1.29 is 13.9 Å². The number of nitrogens with zero attached hydrogens (tertiary/aromatic N) is 3. The molecule has 4 aromatic rings. The molecular weight excluding hydrogens is 396 g/mol. The standard InChI is InChI=1S/C23H24N4O4/c1-14-15(8-10-31-14)19-11-22-24-18-7-9-26(12-16(18)23(28)27(22)25-19)13-17-20(29-2)5-4-6-21(17)30-3/h4-6,8,10-11,25H,7,9,12-13H2,1-3H3. The highest BCUT2D eigenvalue weighted by Gasteiger charge is 2.24. The highest BCUT2D eigenvalue weighted by molar-refractivity contribution is 5.65. The number of nitrogens with one attached hydrogen (secondary N) is 1. The molecule has 1 aliphatic rings. The molecule has 0 amide bonds. The lowest BCUT2D eigenvalue weighted by Gasteiger charge is -2.28. The molecule has 0 bridgehead atoms. The number of aromatic nitrogens is 3. The van der Waals surface area contributed by atoms with Crippen LogP contribution in [0.4, 0.5) is 0 Å². The van der Waals surface area contributed by atoms with E-state index in [2.05, 4.69) is 10.00 Å². The van der Waals surface area contributed by atoms with Gasteiger partial charge >= 0.3 is 0 Å². The Balaban J connectivity index is 1.49. The predicted octanol–water partition coefficient (Wildman–Crippen LogP) is 3.17. The predicted molar refractivity (Wildman–Crippen MR) is 116 cm³/mol. The van der Waals surface area contributed by atoms with Gasteiger partial charge in [0.15, 0.2) is 5.65 Å². The number of aromatic amines is 1. The van der Waals surface area contributed by atoms with Crippen molar-refractivity contribution in [1.82, 2.24) is 19.5 Å². The van der Waals surface area contributed by atoms with Gasteiger partial charge in [0, 0.05) is 37.7 Å². The van der Waals surface area contributed by atoms with E-state index in [1.807, 2.05) is 37.3 Å². The van der Waals surface area contributed by atoms with Gasteiger partial charge in [0.1, 0.15) is 17.3 Å². The molecule has 1 aromatic carbocycles. The number of fused-ring (bicyclic) bond motifs is 2. The second-order valence-electron chi connectivity index (χ2n) is 7.70.